The molecule has 0 aromatic rings. The lowest BCUT2D eigenvalue weighted by atomic mass is 9.75. The SMILES string of the molecule is CN1C(=O)C2CCC1(C)C2(C)C. The van der Waals surface area contributed by atoms with Crippen LogP contribution in [0.15, 0.2) is 0 Å². The van der Waals surface area contributed by atoms with Crippen molar-refractivity contribution in [1.82, 2.24) is 4.90 Å². The Morgan fingerprint density at radius 1 is 1.42 bits per heavy atom. The maximum atomic E-state index is 11.7. The normalized spacial score (nSPS) is 44.2. The molecule has 1 aliphatic carbocycles. The fourth-order valence-corrected chi connectivity index (χ4v) is 2.99. The van der Waals surface area contributed by atoms with Gasteiger partial charge in [-0.1, -0.05) is 13.8 Å². The van der Waals surface area contributed by atoms with Crippen LogP contribution in [0.1, 0.15) is 33.6 Å². The second-order valence-electron chi connectivity index (χ2n) is 4.98. The summed E-state index contributed by atoms with van der Waals surface area (Å²) in [6, 6.07) is 0. The summed E-state index contributed by atoms with van der Waals surface area (Å²) in [6.07, 6.45) is 2.26. The van der Waals surface area contributed by atoms with Crippen LogP contribution in [0, 0.1) is 11.3 Å². The average Bonchev–Trinajstić information content (AvgIpc) is 2.26. The lowest BCUT2D eigenvalue weighted by Gasteiger charge is -2.39. The van der Waals surface area contributed by atoms with Crippen LogP contribution in [-0.4, -0.2) is 23.4 Å². The van der Waals surface area contributed by atoms with Crippen molar-refractivity contribution in [1.29, 1.82) is 0 Å². The van der Waals surface area contributed by atoms with Crippen molar-refractivity contribution in [3.63, 3.8) is 0 Å². The van der Waals surface area contributed by atoms with E-state index < -0.39 is 0 Å². The van der Waals surface area contributed by atoms with Gasteiger partial charge in [-0.05, 0) is 25.2 Å². The highest BCUT2D eigenvalue weighted by molar-refractivity contribution is 5.84. The molecule has 2 rings (SSSR count). The van der Waals surface area contributed by atoms with Crippen molar-refractivity contribution in [3.05, 3.63) is 0 Å². The molecule has 1 heterocycles. The van der Waals surface area contributed by atoms with Crippen LogP contribution in [0.5, 0.6) is 0 Å². The van der Waals surface area contributed by atoms with Crippen molar-refractivity contribution in [2.24, 2.45) is 11.3 Å². The fourth-order valence-electron chi connectivity index (χ4n) is 2.99. The largest absolute Gasteiger partial charge is 0.340 e. The summed E-state index contributed by atoms with van der Waals surface area (Å²) in [5.74, 6) is 0.640. The van der Waals surface area contributed by atoms with E-state index >= 15 is 0 Å². The molecule has 1 aliphatic heterocycles. The van der Waals surface area contributed by atoms with E-state index in [4.69, 9.17) is 0 Å². The zero-order chi connectivity index (χ0) is 9.15. The Labute approximate surface area is 73.9 Å². The summed E-state index contributed by atoms with van der Waals surface area (Å²) >= 11 is 0. The molecule has 2 nitrogen and oxygen atoms in total. The molecule has 0 aromatic heterocycles. The van der Waals surface area contributed by atoms with Crippen LogP contribution in [0.25, 0.3) is 0 Å². The van der Waals surface area contributed by atoms with E-state index in [0.717, 1.165) is 6.42 Å². The van der Waals surface area contributed by atoms with Gasteiger partial charge in [-0.3, -0.25) is 4.79 Å². The van der Waals surface area contributed by atoms with Crippen molar-refractivity contribution >= 4 is 5.91 Å². The van der Waals surface area contributed by atoms with Gasteiger partial charge in [-0.15, -0.1) is 0 Å². The first kappa shape index (κ1) is 8.09. The quantitative estimate of drug-likeness (QED) is 0.537. The average molecular weight is 167 g/mol. The third kappa shape index (κ3) is 0.572. The predicted octanol–water partition coefficient (Wildman–Crippen LogP) is 1.65. The lowest BCUT2D eigenvalue weighted by Crippen LogP contribution is -2.46. The smallest absolute Gasteiger partial charge is 0.226 e. The maximum Gasteiger partial charge on any atom is 0.226 e. The van der Waals surface area contributed by atoms with Gasteiger partial charge in [-0.2, -0.15) is 0 Å². The second-order valence-corrected chi connectivity index (χ2v) is 4.98. The molecule has 68 valence electrons. The Kier molecular flexibility index (Phi) is 1.25. The molecular formula is C10H17NO. The summed E-state index contributed by atoms with van der Waals surface area (Å²) in [5, 5.41) is 0. The molecule has 1 saturated heterocycles. The van der Waals surface area contributed by atoms with Gasteiger partial charge in [0.2, 0.25) is 5.91 Å². The van der Waals surface area contributed by atoms with E-state index in [1.54, 1.807) is 0 Å². The maximum absolute atomic E-state index is 11.7. The van der Waals surface area contributed by atoms with Crippen molar-refractivity contribution in [2.75, 3.05) is 7.05 Å². The Morgan fingerprint density at radius 2 is 2.00 bits per heavy atom. The summed E-state index contributed by atoms with van der Waals surface area (Å²) in [5.41, 5.74) is 0.299. The van der Waals surface area contributed by atoms with E-state index in [9.17, 15) is 4.79 Å². The Morgan fingerprint density at radius 3 is 2.25 bits per heavy atom. The molecule has 0 N–H and O–H groups in total. The number of piperidine rings is 1. The number of amides is 1. The van der Waals surface area contributed by atoms with Crippen molar-refractivity contribution in [2.45, 2.75) is 39.2 Å². The zero-order valence-electron chi connectivity index (χ0n) is 8.35. The molecule has 2 bridgehead atoms. The summed E-state index contributed by atoms with van der Waals surface area (Å²) < 4.78 is 0. The van der Waals surface area contributed by atoms with Crippen molar-refractivity contribution in [3.8, 4) is 0 Å². The number of fused-ring (bicyclic) bond motifs is 2. The molecule has 0 radical (unpaired) electrons. The highest BCUT2D eigenvalue weighted by atomic mass is 16.2. The van der Waals surface area contributed by atoms with Crippen LogP contribution in [0.3, 0.4) is 0 Å². The third-order valence-electron chi connectivity index (χ3n) is 4.55. The van der Waals surface area contributed by atoms with Gasteiger partial charge < -0.3 is 4.90 Å². The molecule has 2 fully saturated rings. The number of rotatable bonds is 0. The Balaban J connectivity index is 2.50. The van der Waals surface area contributed by atoms with Crippen LogP contribution >= 0.6 is 0 Å². The first-order valence-corrected chi connectivity index (χ1v) is 4.69. The first-order valence-electron chi connectivity index (χ1n) is 4.69. The number of carbonyl (C=O) groups is 1. The van der Waals surface area contributed by atoms with Gasteiger partial charge in [0.05, 0.1) is 0 Å². The first-order chi connectivity index (χ1) is 5.41. The summed E-state index contributed by atoms with van der Waals surface area (Å²) in [4.78, 5) is 13.7. The van der Waals surface area contributed by atoms with Crippen LogP contribution in [-0.2, 0) is 4.79 Å². The van der Waals surface area contributed by atoms with Gasteiger partial charge in [0, 0.05) is 18.5 Å². The van der Waals surface area contributed by atoms with E-state index in [1.807, 2.05) is 11.9 Å². The topological polar surface area (TPSA) is 20.3 Å². The molecule has 2 atom stereocenters. The summed E-state index contributed by atoms with van der Waals surface area (Å²) in [7, 11) is 1.95. The molecule has 1 saturated carbocycles. The minimum atomic E-state index is 0.120. The minimum absolute atomic E-state index is 0.120. The standard InChI is InChI=1S/C10H17NO/c1-9(2)7-5-6-10(9,3)11(4)8(7)12/h7H,5-6H2,1-4H3. The second kappa shape index (κ2) is 1.86. The zero-order valence-corrected chi connectivity index (χ0v) is 8.35. The molecule has 2 unspecified atom stereocenters. The lowest BCUT2D eigenvalue weighted by molar-refractivity contribution is -0.134. The van der Waals surface area contributed by atoms with Gasteiger partial charge in [0.25, 0.3) is 0 Å². The predicted molar refractivity (Wildman–Crippen MR) is 47.7 cm³/mol. The third-order valence-corrected chi connectivity index (χ3v) is 4.55. The number of likely N-dealkylation sites (tertiary alicyclic amines) is 1. The molecular weight excluding hydrogens is 150 g/mol. The summed E-state index contributed by atoms with van der Waals surface area (Å²) in [6.45, 7) is 6.68. The van der Waals surface area contributed by atoms with Crippen LogP contribution in [0.2, 0.25) is 0 Å². The van der Waals surface area contributed by atoms with E-state index in [2.05, 4.69) is 20.8 Å². The number of hydrogen-bond donors (Lipinski definition) is 0. The minimum Gasteiger partial charge on any atom is -0.340 e. The molecule has 0 aromatic carbocycles. The van der Waals surface area contributed by atoms with Gasteiger partial charge in [-0.25, -0.2) is 0 Å². The van der Waals surface area contributed by atoms with Gasteiger partial charge >= 0.3 is 0 Å². The molecule has 0 spiro atoms. The molecule has 1 amide bonds. The molecule has 2 aliphatic rings. The highest BCUT2D eigenvalue weighted by Crippen LogP contribution is 2.58. The highest BCUT2D eigenvalue weighted by Gasteiger charge is 2.63. The van der Waals surface area contributed by atoms with Gasteiger partial charge in [0.1, 0.15) is 0 Å². The Hall–Kier alpha value is -0.530. The number of nitrogens with zero attached hydrogens (tertiary/aromatic N) is 1. The van der Waals surface area contributed by atoms with E-state index in [0.29, 0.717) is 5.91 Å². The van der Waals surface area contributed by atoms with Gasteiger partial charge in [0.15, 0.2) is 0 Å². The molecule has 2 heteroatoms. The van der Waals surface area contributed by atoms with Crippen molar-refractivity contribution < 1.29 is 4.79 Å². The number of carbonyl (C=O) groups excluding carboxylic acids is 1. The fraction of sp³-hybridized carbons (Fsp3) is 0.900. The Bertz CT molecular complexity index is 246. The van der Waals surface area contributed by atoms with Crippen LogP contribution in [0.4, 0.5) is 0 Å². The monoisotopic (exact) mass is 167 g/mol. The molecule has 12 heavy (non-hydrogen) atoms. The van der Waals surface area contributed by atoms with E-state index in [1.165, 1.54) is 6.42 Å². The number of hydrogen-bond acceptors (Lipinski definition) is 1. The van der Waals surface area contributed by atoms with Crippen LogP contribution < -0.4 is 0 Å². The van der Waals surface area contributed by atoms with E-state index in [-0.39, 0.29) is 16.9 Å².